The van der Waals surface area contributed by atoms with Crippen LogP contribution in [-0.4, -0.2) is 23.6 Å². The fourth-order valence-electron chi connectivity index (χ4n) is 2.54. The van der Waals surface area contributed by atoms with Crippen LogP contribution in [0.5, 0.6) is 0 Å². The summed E-state index contributed by atoms with van der Waals surface area (Å²) in [5.41, 5.74) is 1.17. The van der Waals surface area contributed by atoms with E-state index in [1.54, 1.807) is 7.11 Å². The molecule has 0 aliphatic carbocycles. The zero-order chi connectivity index (χ0) is 13.2. The Balaban J connectivity index is 2.52. The SMILES string of the molecule is CCC(CC)(OC)c1nc2c(c(=O)[nH]1)CNCC2. The van der Waals surface area contributed by atoms with Gasteiger partial charge in [0.15, 0.2) is 0 Å². The Morgan fingerprint density at radius 2 is 2.11 bits per heavy atom. The van der Waals surface area contributed by atoms with Gasteiger partial charge in [-0.3, -0.25) is 4.79 Å². The lowest BCUT2D eigenvalue weighted by Crippen LogP contribution is -2.37. The highest BCUT2D eigenvalue weighted by Crippen LogP contribution is 2.29. The first kappa shape index (κ1) is 13.2. The van der Waals surface area contributed by atoms with Crippen LogP contribution in [-0.2, 0) is 23.3 Å². The van der Waals surface area contributed by atoms with Gasteiger partial charge in [-0.05, 0) is 12.8 Å². The smallest absolute Gasteiger partial charge is 0.255 e. The van der Waals surface area contributed by atoms with Gasteiger partial charge in [0.05, 0.1) is 11.3 Å². The fraction of sp³-hybridized carbons (Fsp3) is 0.692. The first-order chi connectivity index (χ1) is 8.66. The highest BCUT2D eigenvalue weighted by molar-refractivity contribution is 5.22. The largest absolute Gasteiger partial charge is 0.370 e. The molecule has 5 nitrogen and oxygen atoms in total. The second-order valence-corrected chi connectivity index (χ2v) is 4.67. The Bertz CT molecular complexity index is 469. The fourth-order valence-corrected chi connectivity index (χ4v) is 2.54. The molecule has 0 amide bonds. The molecule has 0 unspecified atom stereocenters. The van der Waals surface area contributed by atoms with Crippen molar-refractivity contribution in [2.24, 2.45) is 0 Å². The zero-order valence-electron chi connectivity index (χ0n) is 11.3. The van der Waals surface area contributed by atoms with Gasteiger partial charge >= 0.3 is 0 Å². The second kappa shape index (κ2) is 5.20. The summed E-state index contributed by atoms with van der Waals surface area (Å²) in [6.07, 6.45) is 2.39. The van der Waals surface area contributed by atoms with Gasteiger partial charge in [-0.1, -0.05) is 13.8 Å². The summed E-state index contributed by atoms with van der Waals surface area (Å²) in [6.45, 7) is 5.58. The van der Waals surface area contributed by atoms with Crippen LogP contribution < -0.4 is 10.9 Å². The molecule has 2 rings (SSSR count). The van der Waals surface area contributed by atoms with Crippen LogP contribution in [0.4, 0.5) is 0 Å². The summed E-state index contributed by atoms with van der Waals surface area (Å²) in [5.74, 6) is 0.667. The van der Waals surface area contributed by atoms with Crippen LogP contribution in [0.25, 0.3) is 0 Å². The van der Waals surface area contributed by atoms with E-state index in [1.165, 1.54) is 0 Å². The minimum atomic E-state index is -0.473. The maximum atomic E-state index is 12.1. The second-order valence-electron chi connectivity index (χ2n) is 4.67. The molecule has 5 heteroatoms. The van der Waals surface area contributed by atoms with E-state index in [-0.39, 0.29) is 5.56 Å². The molecule has 2 N–H and O–H groups in total. The Hall–Kier alpha value is -1.20. The number of nitrogens with zero attached hydrogens (tertiary/aromatic N) is 1. The van der Waals surface area contributed by atoms with E-state index in [0.29, 0.717) is 12.4 Å². The van der Waals surface area contributed by atoms with E-state index in [9.17, 15) is 4.79 Å². The minimum absolute atomic E-state index is 0.0366. The lowest BCUT2D eigenvalue weighted by atomic mass is 9.95. The van der Waals surface area contributed by atoms with Crippen molar-refractivity contribution in [2.75, 3.05) is 13.7 Å². The highest BCUT2D eigenvalue weighted by Gasteiger charge is 2.32. The molecule has 0 bridgehead atoms. The summed E-state index contributed by atoms with van der Waals surface area (Å²) in [5, 5.41) is 3.19. The Kier molecular flexibility index (Phi) is 3.82. The first-order valence-corrected chi connectivity index (χ1v) is 6.55. The summed E-state index contributed by atoms with van der Waals surface area (Å²) in [6, 6.07) is 0. The molecule has 0 atom stereocenters. The molecule has 100 valence electrons. The van der Waals surface area contributed by atoms with Crippen LogP contribution >= 0.6 is 0 Å². The molecule has 0 aromatic carbocycles. The standard InChI is InChI=1S/C13H21N3O2/c1-4-13(5-2,18-3)12-15-10-6-7-14-8-9(10)11(17)16-12/h14H,4-8H2,1-3H3,(H,15,16,17). The van der Waals surface area contributed by atoms with Crippen LogP contribution in [0.2, 0.25) is 0 Å². The molecule has 18 heavy (non-hydrogen) atoms. The molecule has 1 aliphatic heterocycles. The molecule has 0 spiro atoms. The van der Waals surface area contributed by atoms with Crippen molar-refractivity contribution in [3.05, 3.63) is 27.4 Å². The zero-order valence-corrected chi connectivity index (χ0v) is 11.3. The van der Waals surface area contributed by atoms with Crippen LogP contribution in [0.3, 0.4) is 0 Å². The maximum Gasteiger partial charge on any atom is 0.255 e. The molecule has 1 aliphatic rings. The van der Waals surface area contributed by atoms with Crippen molar-refractivity contribution in [2.45, 2.75) is 45.3 Å². The summed E-state index contributed by atoms with van der Waals surface area (Å²) < 4.78 is 5.62. The number of aromatic nitrogens is 2. The molecule has 0 radical (unpaired) electrons. The average Bonchev–Trinajstić information content (AvgIpc) is 2.42. The van der Waals surface area contributed by atoms with Gasteiger partial charge in [-0.2, -0.15) is 0 Å². The van der Waals surface area contributed by atoms with Gasteiger partial charge in [0, 0.05) is 26.6 Å². The van der Waals surface area contributed by atoms with E-state index in [4.69, 9.17) is 4.74 Å². The molecule has 0 saturated carbocycles. The van der Waals surface area contributed by atoms with Crippen molar-refractivity contribution in [1.82, 2.24) is 15.3 Å². The van der Waals surface area contributed by atoms with E-state index in [1.807, 2.05) is 13.8 Å². The van der Waals surface area contributed by atoms with Crippen molar-refractivity contribution in [3.8, 4) is 0 Å². The Morgan fingerprint density at radius 1 is 1.39 bits per heavy atom. The summed E-state index contributed by atoms with van der Waals surface area (Å²) >= 11 is 0. The predicted molar refractivity (Wildman–Crippen MR) is 69.5 cm³/mol. The minimum Gasteiger partial charge on any atom is -0.370 e. The van der Waals surface area contributed by atoms with Gasteiger partial charge < -0.3 is 15.0 Å². The van der Waals surface area contributed by atoms with Gasteiger partial charge in [0.1, 0.15) is 11.4 Å². The maximum absolute atomic E-state index is 12.1. The number of hydrogen-bond acceptors (Lipinski definition) is 4. The lowest BCUT2D eigenvalue weighted by Gasteiger charge is -2.30. The molecule has 0 saturated heterocycles. The number of hydrogen-bond donors (Lipinski definition) is 2. The third kappa shape index (κ3) is 2.08. The van der Waals surface area contributed by atoms with Gasteiger partial charge in [-0.25, -0.2) is 4.98 Å². The van der Waals surface area contributed by atoms with Crippen molar-refractivity contribution >= 4 is 0 Å². The lowest BCUT2D eigenvalue weighted by molar-refractivity contribution is -0.0295. The molecule has 0 fully saturated rings. The van der Waals surface area contributed by atoms with Crippen LogP contribution in [0, 0.1) is 0 Å². The Morgan fingerprint density at radius 3 is 2.72 bits per heavy atom. The number of nitrogens with one attached hydrogen (secondary N) is 2. The topological polar surface area (TPSA) is 67.0 Å². The van der Waals surface area contributed by atoms with Crippen molar-refractivity contribution in [3.63, 3.8) is 0 Å². The first-order valence-electron chi connectivity index (χ1n) is 6.55. The monoisotopic (exact) mass is 251 g/mol. The van der Waals surface area contributed by atoms with Gasteiger partial charge in [0.2, 0.25) is 0 Å². The molecule has 1 aromatic heterocycles. The Labute approximate surface area is 107 Å². The molecular weight excluding hydrogens is 230 g/mol. The molecule has 2 heterocycles. The number of aromatic amines is 1. The molecular formula is C13H21N3O2. The number of ether oxygens (including phenoxy) is 1. The van der Waals surface area contributed by atoms with Crippen molar-refractivity contribution in [1.29, 1.82) is 0 Å². The highest BCUT2D eigenvalue weighted by atomic mass is 16.5. The van der Waals surface area contributed by atoms with Crippen LogP contribution in [0.1, 0.15) is 43.8 Å². The van der Waals surface area contributed by atoms with Crippen LogP contribution in [0.15, 0.2) is 4.79 Å². The van der Waals surface area contributed by atoms with Crippen molar-refractivity contribution < 1.29 is 4.74 Å². The third-order valence-electron chi connectivity index (χ3n) is 3.91. The van der Waals surface area contributed by atoms with Gasteiger partial charge in [0.25, 0.3) is 5.56 Å². The number of fused-ring (bicyclic) bond motifs is 1. The van der Waals surface area contributed by atoms with E-state index in [0.717, 1.165) is 37.1 Å². The van der Waals surface area contributed by atoms with E-state index < -0.39 is 5.60 Å². The molecule has 1 aromatic rings. The van der Waals surface area contributed by atoms with E-state index in [2.05, 4.69) is 15.3 Å². The average molecular weight is 251 g/mol. The predicted octanol–water partition coefficient (Wildman–Crippen LogP) is 1.08. The summed E-state index contributed by atoms with van der Waals surface area (Å²) in [7, 11) is 1.67. The summed E-state index contributed by atoms with van der Waals surface area (Å²) in [4.78, 5) is 19.6. The number of H-pyrrole nitrogens is 1. The number of rotatable bonds is 4. The normalized spacial score (nSPS) is 15.5. The number of methoxy groups -OCH3 is 1. The quantitative estimate of drug-likeness (QED) is 0.840. The van der Waals surface area contributed by atoms with E-state index >= 15 is 0 Å². The van der Waals surface area contributed by atoms with Gasteiger partial charge in [-0.15, -0.1) is 0 Å². The third-order valence-corrected chi connectivity index (χ3v) is 3.91.